The van der Waals surface area contributed by atoms with Gasteiger partial charge in [-0.2, -0.15) is 5.10 Å². The van der Waals surface area contributed by atoms with Crippen LogP contribution < -0.4 is 5.32 Å². The van der Waals surface area contributed by atoms with Crippen molar-refractivity contribution in [3.8, 4) is 22.4 Å². The number of hydrogen-bond donors (Lipinski definition) is 2. The number of fused-ring (bicyclic) bond motifs is 1. The van der Waals surface area contributed by atoms with Crippen molar-refractivity contribution in [3.63, 3.8) is 0 Å². The maximum absolute atomic E-state index is 10.9. The molecule has 2 aromatic carbocycles. The summed E-state index contributed by atoms with van der Waals surface area (Å²) in [5, 5.41) is 16.6. The minimum absolute atomic E-state index is 0.00436. The Bertz CT molecular complexity index is 1420. The molecular formula is C24H21IN6O2S. The van der Waals surface area contributed by atoms with Crippen molar-refractivity contribution in [3.05, 3.63) is 72.3 Å². The first kappa shape index (κ1) is 22.7. The first-order chi connectivity index (χ1) is 16.4. The van der Waals surface area contributed by atoms with E-state index in [1.54, 1.807) is 12.4 Å². The summed E-state index contributed by atoms with van der Waals surface area (Å²) in [6, 6.07) is 16.4. The molecule has 0 saturated heterocycles. The van der Waals surface area contributed by atoms with Gasteiger partial charge < -0.3 is 10.4 Å². The Morgan fingerprint density at radius 2 is 2.03 bits per heavy atom. The molecule has 2 aromatic heterocycles. The Morgan fingerprint density at radius 3 is 2.88 bits per heavy atom. The molecular weight excluding hydrogens is 563 g/mol. The van der Waals surface area contributed by atoms with Crippen LogP contribution in [0.4, 0.5) is 11.5 Å². The van der Waals surface area contributed by atoms with Crippen molar-refractivity contribution in [2.45, 2.75) is 31.3 Å². The third kappa shape index (κ3) is 5.02. The summed E-state index contributed by atoms with van der Waals surface area (Å²) in [4.78, 5) is 21.4. The van der Waals surface area contributed by atoms with Gasteiger partial charge in [0.1, 0.15) is 18.2 Å². The van der Waals surface area contributed by atoms with Crippen LogP contribution in [0.15, 0.2) is 69.0 Å². The van der Waals surface area contributed by atoms with Gasteiger partial charge in [0.05, 0.1) is 37.2 Å². The van der Waals surface area contributed by atoms with E-state index >= 15 is 0 Å². The lowest BCUT2D eigenvalue weighted by Gasteiger charge is -2.17. The highest BCUT2D eigenvalue weighted by molar-refractivity contribution is 14.2. The average Bonchev–Trinajstić information content (AvgIpc) is 3.47. The fourth-order valence-electron chi connectivity index (χ4n) is 3.72. The van der Waals surface area contributed by atoms with Crippen LogP contribution in [0.2, 0.25) is 0 Å². The van der Waals surface area contributed by atoms with Crippen LogP contribution in [0.5, 0.6) is 0 Å². The predicted molar refractivity (Wildman–Crippen MR) is 142 cm³/mol. The van der Waals surface area contributed by atoms with Crippen LogP contribution in [-0.2, 0) is 11.3 Å². The quantitative estimate of drug-likeness (QED) is 0.243. The number of aromatic nitrogens is 4. The molecule has 0 bridgehead atoms. The Labute approximate surface area is 209 Å². The number of aliphatic carboxylic acids is 1. The molecule has 1 unspecified atom stereocenters. The summed E-state index contributed by atoms with van der Waals surface area (Å²) in [6.07, 6.45) is 3.43. The number of nitrogens with one attached hydrogen (secondary N) is 1. The van der Waals surface area contributed by atoms with E-state index in [0.29, 0.717) is 5.82 Å². The van der Waals surface area contributed by atoms with Crippen LogP contribution in [0, 0.1) is 6.92 Å². The number of anilines is 1. The molecule has 4 aromatic rings. The highest BCUT2D eigenvalue weighted by Gasteiger charge is 2.14. The minimum Gasteiger partial charge on any atom is -0.480 e. The van der Waals surface area contributed by atoms with Crippen molar-refractivity contribution in [2.24, 2.45) is 3.15 Å². The van der Waals surface area contributed by atoms with E-state index in [4.69, 9.17) is 5.11 Å². The monoisotopic (exact) mass is 584 g/mol. The van der Waals surface area contributed by atoms with Crippen molar-refractivity contribution in [1.82, 2.24) is 19.7 Å². The summed E-state index contributed by atoms with van der Waals surface area (Å²) in [5.74, 6) is 0.549. The van der Waals surface area contributed by atoms with Gasteiger partial charge in [0.2, 0.25) is 0 Å². The number of carboxylic acid groups (broad SMARTS) is 1. The summed E-state index contributed by atoms with van der Waals surface area (Å²) >= 11 is -0.179. The van der Waals surface area contributed by atoms with Gasteiger partial charge in [-0.05, 0) is 52.1 Å². The largest absolute Gasteiger partial charge is 0.480 e. The van der Waals surface area contributed by atoms with Crippen molar-refractivity contribution >= 4 is 46.1 Å². The fourth-order valence-corrected chi connectivity index (χ4v) is 7.48. The molecule has 1 aliphatic heterocycles. The van der Waals surface area contributed by atoms with Gasteiger partial charge in [-0.1, -0.05) is 24.3 Å². The average molecular weight is 584 g/mol. The molecule has 34 heavy (non-hydrogen) atoms. The Hall–Kier alpha value is -3.12. The van der Waals surface area contributed by atoms with Gasteiger partial charge in [-0.15, -0.1) is 0 Å². The van der Waals surface area contributed by atoms with Gasteiger partial charge in [0, 0.05) is 34.3 Å². The molecule has 0 amide bonds. The molecule has 5 rings (SSSR count). The van der Waals surface area contributed by atoms with Crippen LogP contribution in [0.1, 0.15) is 24.4 Å². The lowest BCUT2D eigenvalue weighted by atomic mass is 10.0. The van der Waals surface area contributed by atoms with Crippen LogP contribution in [-0.4, -0.2) is 30.8 Å². The smallest absolute Gasteiger partial charge is 0.325 e. The highest BCUT2D eigenvalue weighted by Crippen LogP contribution is 2.48. The van der Waals surface area contributed by atoms with E-state index in [0.717, 1.165) is 39.5 Å². The molecule has 3 heterocycles. The van der Waals surface area contributed by atoms with E-state index in [1.165, 1.54) is 9.58 Å². The van der Waals surface area contributed by atoms with E-state index in [1.807, 2.05) is 34.1 Å². The summed E-state index contributed by atoms with van der Waals surface area (Å²) < 4.78 is 6.00. The van der Waals surface area contributed by atoms with Crippen LogP contribution >= 0.6 is 28.6 Å². The number of carboxylic acids is 1. The molecule has 0 fully saturated rings. The zero-order valence-electron chi connectivity index (χ0n) is 18.4. The van der Waals surface area contributed by atoms with Gasteiger partial charge in [0.25, 0.3) is 0 Å². The van der Waals surface area contributed by atoms with Gasteiger partial charge >= 0.3 is 5.97 Å². The Kier molecular flexibility index (Phi) is 6.42. The number of benzene rings is 2. The first-order valence-electron chi connectivity index (χ1n) is 10.6. The van der Waals surface area contributed by atoms with Crippen LogP contribution in [0.25, 0.3) is 22.4 Å². The number of aryl methyl sites for hydroxylation is 1. The SMILES string of the molecule is Cc1nc(NC(C)c2cccc(-c3cnn(CC(=O)O)c3)c2)cc(-c2ccc3c(c2)SI=N3)n1. The van der Waals surface area contributed by atoms with Gasteiger partial charge in [-0.3, -0.25) is 9.48 Å². The summed E-state index contributed by atoms with van der Waals surface area (Å²) in [7, 11) is 1.85. The van der Waals surface area contributed by atoms with E-state index in [-0.39, 0.29) is 32.2 Å². The van der Waals surface area contributed by atoms with Crippen molar-refractivity contribution in [2.75, 3.05) is 5.32 Å². The van der Waals surface area contributed by atoms with Crippen LogP contribution in [0.3, 0.4) is 0 Å². The second kappa shape index (κ2) is 9.63. The minimum atomic E-state index is -0.921. The molecule has 2 N–H and O–H groups in total. The van der Waals surface area contributed by atoms with E-state index in [2.05, 4.69) is 60.8 Å². The molecule has 1 atom stereocenters. The van der Waals surface area contributed by atoms with Crippen molar-refractivity contribution < 1.29 is 9.90 Å². The topological polar surface area (TPSA) is 105 Å². The maximum atomic E-state index is 10.9. The second-order valence-corrected chi connectivity index (χ2v) is 11.6. The van der Waals surface area contributed by atoms with Gasteiger partial charge in [0.15, 0.2) is 0 Å². The number of hydrogen-bond acceptors (Lipinski definition) is 7. The lowest BCUT2D eigenvalue weighted by molar-refractivity contribution is -0.137. The molecule has 0 spiro atoms. The highest BCUT2D eigenvalue weighted by atomic mass is 127. The molecule has 1 aliphatic rings. The number of nitrogens with zero attached hydrogens (tertiary/aromatic N) is 5. The number of rotatable bonds is 7. The van der Waals surface area contributed by atoms with Gasteiger partial charge in [-0.25, -0.2) is 13.1 Å². The molecule has 0 saturated carbocycles. The molecule has 172 valence electrons. The Morgan fingerprint density at radius 1 is 1.15 bits per heavy atom. The van der Waals surface area contributed by atoms with Crippen molar-refractivity contribution in [1.29, 1.82) is 0 Å². The van der Waals surface area contributed by atoms with E-state index in [9.17, 15) is 4.79 Å². The molecule has 0 aliphatic carbocycles. The van der Waals surface area contributed by atoms with E-state index < -0.39 is 5.97 Å². The third-order valence-electron chi connectivity index (χ3n) is 5.35. The first-order valence-corrected chi connectivity index (χ1v) is 14.9. The standard InChI is InChI=1S/C24H21IN6O2S/c1-14(16-4-3-5-17(8-16)19-11-26-31(12-19)13-24(32)33)27-23-10-21(28-15(2)29-23)18-6-7-20-22(9-18)34-25-30-20/h3-12,14H,13H2,1-2H3,(H,32,33)(H,27,28,29). The predicted octanol–water partition coefficient (Wildman–Crippen LogP) is 6.38. The Balaban J connectivity index is 1.36. The molecule has 8 nitrogen and oxygen atoms in total. The molecule has 10 heteroatoms. The zero-order chi connectivity index (χ0) is 23.7. The zero-order valence-corrected chi connectivity index (χ0v) is 21.4. The molecule has 0 radical (unpaired) electrons. The maximum Gasteiger partial charge on any atom is 0.325 e. The number of carbonyl (C=O) groups is 1. The third-order valence-corrected chi connectivity index (χ3v) is 9.11. The lowest BCUT2D eigenvalue weighted by Crippen LogP contribution is -2.09. The normalized spacial score (nSPS) is 13.2. The summed E-state index contributed by atoms with van der Waals surface area (Å²) in [6.45, 7) is 3.82. The summed E-state index contributed by atoms with van der Waals surface area (Å²) in [5.41, 5.74) is 5.97. The number of halogens is 1. The fraction of sp³-hybridized carbons (Fsp3) is 0.167. The second-order valence-electron chi connectivity index (χ2n) is 7.91.